The first-order chi connectivity index (χ1) is 24.7. The molecule has 0 spiro atoms. The second-order valence-corrected chi connectivity index (χ2v) is 15.3. The number of carbonyl (C=O) groups excluding carboxylic acids is 2. The zero-order valence-electron chi connectivity index (χ0n) is 28.4. The number of piperidine rings is 3. The van der Waals surface area contributed by atoms with Crippen molar-refractivity contribution in [2.24, 2.45) is 5.92 Å². The lowest BCUT2D eigenvalue weighted by molar-refractivity contribution is -0.605. The van der Waals surface area contributed by atoms with E-state index < -0.39 is 17.6 Å². The molecule has 268 valence electrons. The number of halogens is 2. The van der Waals surface area contributed by atoms with E-state index in [1.807, 2.05) is 24.3 Å². The molecule has 3 atom stereocenters. The number of benzene rings is 2. The molecule has 3 fully saturated rings. The summed E-state index contributed by atoms with van der Waals surface area (Å²) in [7, 11) is 3.06. The molecule has 4 aromatic rings. The van der Waals surface area contributed by atoms with Gasteiger partial charge < -0.3 is 24.2 Å². The summed E-state index contributed by atoms with van der Waals surface area (Å²) >= 11 is 14.1. The van der Waals surface area contributed by atoms with Crippen LogP contribution in [0.5, 0.6) is 11.5 Å². The van der Waals surface area contributed by atoms with Crippen LogP contribution in [-0.2, 0) is 39.2 Å². The van der Waals surface area contributed by atoms with Crippen molar-refractivity contribution in [1.82, 2.24) is 10.2 Å². The SMILES string of the molecule is COc1ccc(C(Cc2c(Cl)c[n+]([O-])cc2Cl)OC(=O)c2ccc(CNC3(C(=O)O[C@H]4CN5CCC4CC5)CCc4ccccc43)s2)cc1OC. The van der Waals surface area contributed by atoms with Gasteiger partial charge in [0.1, 0.15) is 32.7 Å². The molecule has 3 aliphatic heterocycles. The molecule has 2 unspecified atom stereocenters. The van der Waals surface area contributed by atoms with Gasteiger partial charge in [0, 0.05) is 30.0 Å². The first-order valence-electron chi connectivity index (χ1n) is 17.0. The zero-order chi connectivity index (χ0) is 35.7. The Balaban J connectivity index is 1.10. The van der Waals surface area contributed by atoms with Crippen LogP contribution in [0.2, 0.25) is 10.0 Å². The largest absolute Gasteiger partial charge is 0.619 e. The lowest BCUT2D eigenvalue weighted by atomic mass is 9.85. The molecular formula is C38H39Cl2N3O7S. The number of carbonyl (C=O) groups is 2. The highest BCUT2D eigenvalue weighted by Gasteiger charge is 2.48. The molecule has 0 amide bonds. The van der Waals surface area contributed by atoms with Crippen LogP contribution in [0.15, 0.2) is 67.0 Å². The number of fused-ring (bicyclic) bond motifs is 4. The van der Waals surface area contributed by atoms with Crippen LogP contribution in [0.25, 0.3) is 0 Å². The fourth-order valence-corrected chi connectivity index (χ4v) is 8.99. The number of hydrogen-bond donors (Lipinski definition) is 1. The van der Waals surface area contributed by atoms with Gasteiger partial charge in [-0.15, -0.1) is 11.3 Å². The van der Waals surface area contributed by atoms with Gasteiger partial charge in [0.15, 0.2) is 23.9 Å². The van der Waals surface area contributed by atoms with E-state index in [9.17, 15) is 14.8 Å². The molecule has 2 bridgehead atoms. The Labute approximate surface area is 310 Å². The monoisotopic (exact) mass is 751 g/mol. The molecule has 8 rings (SSSR count). The number of thiophene rings is 1. The second-order valence-electron chi connectivity index (χ2n) is 13.3. The van der Waals surface area contributed by atoms with Crippen molar-refractivity contribution >= 4 is 46.5 Å². The molecule has 13 heteroatoms. The summed E-state index contributed by atoms with van der Waals surface area (Å²) in [5, 5.41) is 15.8. The highest BCUT2D eigenvalue weighted by molar-refractivity contribution is 7.13. The van der Waals surface area contributed by atoms with E-state index in [2.05, 4.69) is 16.3 Å². The lowest BCUT2D eigenvalue weighted by Crippen LogP contribution is -2.55. The molecule has 0 radical (unpaired) electrons. The number of aryl methyl sites for hydroxylation is 1. The number of nitrogens with one attached hydrogen (secondary N) is 1. The van der Waals surface area contributed by atoms with Gasteiger partial charge in [-0.25, -0.2) is 9.59 Å². The lowest BCUT2D eigenvalue weighted by Gasteiger charge is -2.45. The molecule has 0 saturated carbocycles. The van der Waals surface area contributed by atoms with Crippen LogP contribution in [0.1, 0.15) is 62.2 Å². The van der Waals surface area contributed by atoms with Crippen molar-refractivity contribution in [2.45, 2.75) is 56.4 Å². The number of hydrogen-bond acceptors (Lipinski definition) is 10. The number of ether oxygens (including phenoxy) is 4. The summed E-state index contributed by atoms with van der Waals surface area (Å²) in [6.07, 6.45) is 5.05. The molecule has 1 aliphatic carbocycles. The normalized spacial score (nSPS) is 22.6. The molecule has 1 N–H and O–H groups in total. The predicted octanol–water partition coefficient (Wildman–Crippen LogP) is 6.42. The summed E-state index contributed by atoms with van der Waals surface area (Å²) in [6.45, 7) is 3.28. The summed E-state index contributed by atoms with van der Waals surface area (Å²) in [5.41, 5.74) is 2.18. The van der Waals surface area contributed by atoms with E-state index in [-0.39, 0.29) is 28.5 Å². The fraction of sp³-hybridized carbons (Fsp3) is 0.395. The van der Waals surface area contributed by atoms with Crippen LogP contribution < -0.4 is 19.5 Å². The van der Waals surface area contributed by atoms with Crippen molar-refractivity contribution in [3.8, 4) is 11.5 Å². The van der Waals surface area contributed by atoms with Gasteiger partial charge in [0.25, 0.3) is 0 Å². The number of nitrogens with zero attached hydrogens (tertiary/aromatic N) is 2. The zero-order valence-corrected chi connectivity index (χ0v) is 30.7. The van der Waals surface area contributed by atoms with Crippen LogP contribution in [0, 0.1) is 11.1 Å². The van der Waals surface area contributed by atoms with E-state index in [0.29, 0.717) is 51.1 Å². The van der Waals surface area contributed by atoms with Crippen molar-refractivity contribution in [3.05, 3.63) is 114 Å². The molecule has 2 aromatic heterocycles. The van der Waals surface area contributed by atoms with E-state index >= 15 is 0 Å². The van der Waals surface area contributed by atoms with E-state index in [0.717, 1.165) is 54.9 Å². The minimum absolute atomic E-state index is 0.100. The average Bonchev–Trinajstić information content (AvgIpc) is 3.78. The smallest absolute Gasteiger partial charge is 0.348 e. The Morgan fingerprint density at radius 1 is 1.04 bits per heavy atom. The van der Waals surface area contributed by atoms with Crippen LogP contribution in [0.4, 0.5) is 0 Å². The summed E-state index contributed by atoms with van der Waals surface area (Å²) in [6, 6.07) is 16.9. The first kappa shape index (κ1) is 35.5. The predicted molar refractivity (Wildman–Crippen MR) is 193 cm³/mol. The topological polar surface area (TPSA) is 113 Å². The number of pyridine rings is 1. The van der Waals surface area contributed by atoms with E-state index in [4.69, 9.17) is 42.1 Å². The standard InChI is InChI=1S/C38H39Cl2N3O7S/c1-47-31-9-7-25(17-33(31)48-2)32(18-27-29(39)20-43(46)21-30(27)40)49-36(44)35-10-8-26(51-35)19-41-38(14-11-23-5-3-4-6-28(23)38)37(45)50-34-22-42-15-12-24(34)13-16-42/h3-10,17,20-21,24,32,34,41H,11-16,18-19,22H2,1-2H3/t32?,34-,38?/m0/s1. The van der Waals surface area contributed by atoms with Gasteiger partial charge in [-0.1, -0.05) is 53.5 Å². The molecule has 51 heavy (non-hydrogen) atoms. The Morgan fingerprint density at radius 3 is 2.49 bits per heavy atom. The van der Waals surface area contributed by atoms with Crippen LogP contribution in [0.3, 0.4) is 0 Å². The first-order valence-corrected chi connectivity index (χ1v) is 18.6. The highest BCUT2D eigenvalue weighted by Crippen LogP contribution is 2.41. The fourth-order valence-electron chi connectivity index (χ4n) is 7.56. The summed E-state index contributed by atoms with van der Waals surface area (Å²) < 4.78 is 23.9. The van der Waals surface area contributed by atoms with Gasteiger partial charge in [-0.2, -0.15) is 4.73 Å². The van der Waals surface area contributed by atoms with Crippen LogP contribution >= 0.6 is 34.5 Å². The Kier molecular flexibility index (Phi) is 10.5. The average molecular weight is 753 g/mol. The minimum Gasteiger partial charge on any atom is -0.619 e. The van der Waals surface area contributed by atoms with Crippen molar-refractivity contribution in [2.75, 3.05) is 33.9 Å². The van der Waals surface area contributed by atoms with Gasteiger partial charge in [-0.3, -0.25) is 10.2 Å². The molecule has 3 saturated heterocycles. The van der Waals surface area contributed by atoms with Crippen molar-refractivity contribution in [1.29, 1.82) is 0 Å². The van der Waals surface area contributed by atoms with Crippen molar-refractivity contribution < 1.29 is 33.3 Å². The van der Waals surface area contributed by atoms with Gasteiger partial charge in [0.05, 0.1) is 14.2 Å². The molecule has 10 nitrogen and oxygen atoms in total. The highest BCUT2D eigenvalue weighted by atomic mass is 35.5. The molecular weight excluding hydrogens is 713 g/mol. The summed E-state index contributed by atoms with van der Waals surface area (Å²) in [4.78, 5) is 31.5. The van der Waals surface area contributed by atoms with E-state index in [1.54, 1.807) is 24.3 Å². The minimum atomic E-state index is -0.984. The van der Waals surface area contributed by atoms with Gasteiger partial charge in [-0.05, 0) is 85.6 Å². The van der Waals surface area contributed by atoms with Gasteiger partial charge in [0.2, 0.25) is 0 Å². The Bertz CT molecular complexity index is 1910. The third-order valence-corrected chi connectivity index (χ3v) is 12.1. The Hall–Kier alpha value is -3.87. The number of aromatic nitrogens is 1. The maximum atomic E-state index is 14.1. The second kappa shape index (κ2) is 15.0. The van der Waals surface area contributed by atoms with Crippen LogP contribution in [-0.4, -0.2) is 56.8 Å². The van der Waals surface area contributed by atoms with Gasteiger partial charge >= 0.3 is 11.9 Å². The maximum absolute atomic E-state index is 14.1. The molecule has 5 heterocycles. The maximum Gasteiger partial charge on any atom is 0.348 e. The summed E-state index contributed by atoms with van der Waals surface area (Å²) in [5.74, 6) is 0.591. The third-order valence-electron chi connectivity index (χ3n) is 10.4. The number of methoxy groups -OCH3 is 2. The molecule has 4 aliphatic rings. The van der Waals surface area contributed by atoms with Crippen molar-refractivity contribution in [3.63, 3.8) is 0 Å². The number of rotatable bonds is 12. The third kappa shape index (κ3) is 7.27. The Morgan fingerprint density at radius 2 is 1.78 bits per heavy atom. The quantitative estimate of drug-likeness (QED) is 0.0997. The van der Waals surface area contributed by atoms with E-state index in [1.165, 1.54) is 38.0 Å². The molecule has 2 aromatic carbocycles. The number of esters is 2.